The molecule has 1 aliphatic heterocycles. The summed E-state index contributed by atoms with van der Waals surface area (Å²) in [7, 11) is 1.96. The number of carbonyl (C=O) groups excluding carboxylic acids is 2. The summed E-state index contributed by atoms with van der Waals surface area (Å²) in [6.07, 6.45) is 5.63. The molecule has 1 heterocycles. The van der Waals surface area contributed by atoms with Crippen molar-refractivity contribution in [3.05, 3.63) is 35.9 Å². The van der Waals surface area contributed by atoms with Crippen LogP contribution in [-0.4, -0.2) is 49.1 Å². The van der Waals surface area contributed by atoms with E-state index in [9.17, 15) is 9.59 Å². The van der Waals surface area contributed by atoms with Crippen LogP contribution in [-0.2, 0) is 11.3 Å². The summed E-state index contributed by atoms with van der Waals surface area (Å²) in [5.74, 6) is 0.605. The Morgan fingerprint density at radius 2 is 1.89 bits per heavy atom. The molecule has 3 N–H and O–H groups in total. The molecule has 2 fully saturated rings. The summed E-state index contributed by atoms with van der Waals surface area (Å²) >= 11 is 0. The van der Waals surface area contributed by atoms with Gasteiger partial charge < -0.3 is 20.9 Å². The molecule has 1 saturated carbocycles. The van der Waals surface area contributed by atoms with Gasteiger partial charge in [-0.15, -0.1) is 0 Å². The Balaban J connectivity index is 1.60. The average molecular weight is 373 g/mol. The minimum atomic E-state index is -0.734. The second-order valence-corrected chi connectivity index (χ2v) is 7.90. The van der Waals surface area contributed by atoms with Gasteiger partial charge in [-0.25, -0.2) is 4.79 Å². The Morgan fingerprint density at radius 1 is 1.15 bits per heavy atom. The lowest BCUT2D eigenvalue weighted by Crippen LogP contribution is -2.61. The molecule has 2 aliphatic rings. The topological polar surface area (TPSA) is 73.5 Å². The molecule has 1 aliphatic carbocycles. The first-order valence-corrected chi connectivity index (χ1v) is 10.2. The molecule has 6 nitrogen and oxygen atoms in total. The van der Waals surface area contributed by atoms with Crippen LogP contribution >= 0.6 is 0 Å². The minimum absolute atomic E-state index is 0.107. The van der Waals surface area contributed by atoms with Crippen molar-refractivity contribution in [2.45, 2.75) is 50.6 Å². The van der Waals surface area contributed by atoms with E-state index in [1.54, 1.807) is 0 Å². The first-order chi connectivity index (χ1) is 13.1. The number of hydrogen-bond acceptors (Lipinski definition) is 3. The van der Waals surface area contributed by atoms with Gasteiger partial charge in [0, 0.05) is 19.6 Å². The standard InChI is InChI=1S/C21H32N4O2/c1-22-14-18-10-7-13-25(16-18)19(26)21(11-5-6-12-21)24-20(27)23-15-17-8-3-2-4-9-17/h2-4,8-9,18,22H,5-7,10-16H2,1H3,(H2,23,24,27). The van der Waals surface area contributed by atoms with Gasteiger partial charge >= 0.3 is 6.03 Å². The van der Waals surface area contributed by atoms with Gasteiger partial charge in [0.25, 0.3) is 0 Å². The predicted molar refractivity (Wildman–Crippen MR) is 106 cm³/mol. The Kier molecular flexibility index (Phi) is 6.72. The Labute approximate surface area is 162 Å². The Bertz CT molecular complexity index is 626. The highest BCUT2D eigenvalue weighted by atomic mass is 16.2. The predicted octanol–water partition coefficient (Wildman–Crippen LogP) is 2.26. The van der Waals surface area contributed by atoms with E-state index in [0.717, 1.165) is 63.7 Å². The van der Waals surface area contributed by atoms with Crippen LogP contribution in [0.2, 0.25) is 0 Å². The largest absolute Gasteiger partial charge is 0.340 e. The molecule has 3 amide bonds. The van der Waals surface area contributed by atoms with Crippen LogP contribution in [0.4, 0.5) is 4.79 Å². The molecule has 1 saturated heterocycles. The molecule has 1 atom stereocenters. The molecule has 0 radical (unpaired) electrons. The molecule has 1 aromatic carbocycles. The fourth-order valence-electron chi connectivity index (χ4n) is 4.42. The third-order valence-electron chi connectivity index (χ3n) is 5.81. The van der Waals surface area contributed by atoms with Crippen molar-refractivity contribution in [2.75, 3.05) is 26.7 Å². The molecule has 1 unspecified atom stereocenters. The van der Waals surface area contributed by atoms with Gasteiger partial charge in [-0.3, -0.25) is 4.79 Å². The third kappa shape index (κ3) is 5.01. The molecule has 27 heavy (non-hydrogen) atoms. The fraction of sp³-hybridized carbons (Fsp3) is 0.619. The molecule has 1 aromatic rings. The number of piperidine rings is 1. The van der Waals surface area contributed by atoms with E-state index in [0.29, 0.717) is 12.5 Å². The second kappa shape index (κ2) is 9.22. The van der Waals surface area contributed by atoms with E-state index in [-0.39, 0.29) is 11.9 Å². The van der Waals surface area contributed by atoms with Crippen molar-refractivity contribution in [3.63, 3.8) is 0 Å². The fourth-order valence-corrected chi connectivity index (χ4v) is 4.42. The maximum atomic E-state index is 13.3. The number of benzene rings is 1. The van der Waals surface area contributed by atoms with Gasteiger partial charge in [0.15, 0.2) is 0 Å². The van der Waals surface area contributed by atoms with Crippen molar-refractivity contribution in [1.29, 1.82) is 0 Å². The van der Waals surface area contributed by atoms with E-state index in [1.807, 2.05) is 42.3 Å². The molecule has 148 valence electrons. The highest BCUT2D eigenvalue weighted by molar-refractivity contribution is 5.91. The molecule has 6 heteroatoms. The zero-order chi connectivity index (χ0) is 19.1. The number of hydrogen-bond donors (Lipinski definition) is 3. The van der Waals surface area contributed by atoms with Gasteiger partial charge in [-0.1, -0.05) is 43.2 Å². The van der Waals surface area contributed by atoms with E-state index in [4.69, 9.17) is 0 Å². The van der Waals surface area contributed by atoms with Crippen molar-refractivity contribution >= 4 is 11.9 Å². The normalized spacial score (nSPS) is 21.7. The van der Waals surface area contributed by atoms with Gasteiger partial charge in [-0.2, -0.15) is 0 Å². The SMILES string of the molecule is CNCC1CCCN(C(=O)C2(NC(=O)NCc3ccccc3)CCCC2)C1. The lowest BCUT2D eigenvalue weighted by molar-refractivity contribution is -0.139. The van der Waals surface area contributed by atoms with Gasteiger partial charge in [0.2, 0.25) is 5.91 Å². The monoisotopic (exact) mass is 372 g/mol. The van der Waals surface area contributed by atoms with Crippen LogP contribution in [0.15, 0.2) is 30.3 Å². The molecule has 0 bridgehead atoms. The van der Waals surface area contributed by atoms with Crippen LogP contribution in [0, 0.1) is 5.92 Å². The molecular weight excluding hydrogens is 340 g/mol. The lowest BCUT2D eigenvalue weighted by Gasteiger charge is -2.39. The first-order valence-electron chi connectivity index (χ1n) is 10.2. The first kappa shape index (κ1) is 19.7. The number of urea groups is 1. The highest BCUT2D eigenvalue weighted by Crippen LogP contribution is 2.33. The van der Waals surface area contributed by atoms with Crippen LogP contribution in [0.1, 0.15) is 44.1 Å². The summed E-state index contributed by atoms with van der Waals surface area (Å²) in [5, 5.41) is 9.18. The minimum Gasteiger partial charge on any atom is -0.340 e. The maximum Gasteiger partial charge on any atom is 0.315 e. The van der Waals surface area contributed by atoms with Crippen LogP contribution in [0.5, 0.6) is 0 Å². The quantitative estimate of drug-likeness (QED) is 0.717. The molecular formula is C21H32N4O2. The Morgan fingerprint density at radius 3 is 2.59 bits per heavy atom. The summed E-state index contributed by atoms with van der Waals surface area (Å²) in [4.78, 5) is 27.9. The van der Waals surface area contributed by atoms with Crippen LogP contribution < -0.4 is 16.0 Å². The molecule has 0 aromatic heterocycles. The van der Waals surface area contributed by atoms with Gasteiger partial charge in [0.1, 0.15) is 5.54 Å². The van der Waals surface area contributed by atoms with Crippen LogP contribution in [0.3, 0.4) is 0 Å². The van der Waals surface area contributed by atoms with Crippen molar-refractivity contribution < 1.29 is 9.59 Å². The number of likely N-dealkylation sites (tertiary alicyclic amines) is 1. The van der Waals surface area contributed by atoms with E-state index in [2.05, 4.69) is 16.0 Å². The van der Waals surface area contributed by atoms with Crippen molar-refractivity contribution in [3.8, 4) is 0 Å². The van der Waals surface area contributed by atoms with Crippen LogP contribution in [0.25, 0.3) is 0 Å². The molecule has 0 spiro atoms. The number of nitrogens with zero attached hydrogens (tertiary/aromatic N) is 1. The zero-order valence-electron chi connectivity index (χ0n) is 16.3. The van der Waals surface area contributed by atoms with E-state index < -0.39 is 5.54 Å². The van der Waals surface area contributed by atoms with Gasteiger partial charge in [-0.05, 0) is 50.8 Å². The average Bonchev–Trinajstić information content (AvgIpc) is 3.17. The summed E-state index contributed by atoms with van der Waals surface area (Å²) in [6, 6.07) is 9.57. The third-order valence-corrected chi connectivity index (χ3v) is 5.81. The molecule has 3 rings (SSSR count). The smallest absolute Gasteiger partial charge is 0.315 e. The van der Waals surface area contributed by atoms with Gasteiger partial charge in [0.05, 0.1) is 0 Å². The number of amides is 3. The number of rotatable bonds is 6. The van der Waals surface area contributed by atoms with Crippen molar-refractivity contribution in [1.82, 2.24) is 20.9 Å². The number of nitrogens with one attached hydrogen (secondary N) is 3. The van der Waals surface area contributed by atoms with E-state index >= 15 is 0 Å². The lowest BCUT2D eigenvalue weighted by atomic mass is 9.91. The summed E-state index contributed by atoms with van der Waals surface area (Å²) in [6.45, 7) is 2.98. The van der Waals surface area contributed by atoms with Crippen molar-refractivity contribution in [2.24, 2.45) is 5.92 Å². The maximum absolute atomic E-state index is 13.3. The summed E-state index contributed by atoms with van der Waals surface area (Å²) < 4.78 is 0. The summed E-state index contributed by atoms with van der Waals surface area (Å²) in [5.41, 5.74) is 0.313. The second-order valence-electron chi connectivity index (χ2n) is 7.90. The zero-order valence-corrected chi connectivity index (χ0v) is 16.3. The highest BCUT2D eigenvalue weighted by Gasteiger charge is 2.45. The van der Waals surface area contributed by atoms with E-state index in [1.165, 1.54) is 0 Å². The Hall–Kier alpha value is -2.08. The number of carbonyl (C=O) groups is 2.